The van der Waals surface area contributed by atoms with Crippen LogP contribution in [0.3, 0.4) is 0 Å². The van der Waals surface area contributed by atoms with Crippen LogP contribution in [0.5, 0.6) is 0 Å². The van der Waals surface area contributed by atoms with Crippen molar-refractivity contribution in [2.24, 2.45) is 11.1 Å². The Kier molecular flexibility index (Phi) is 6.46. The highest BCUT2D eigenvalue weighted by molar-refractivity contribution is 6.09. The van der Waals surface area contributed by atoms with Gasteiger partial charge in [-0.05, 0) is 55.0 Å². The normalized spacial score (nSPS) is 21.7. The van der Waals surface area contributed by atoms with Crippen molar-refractivity contribution in [2.45, 2.75) is 51.1 Å². The first-order chi connectivity index (χ1) is 18.2. The Morgan fingerprint density at radius 2 is 2.00 bits per heavy atom. The summed E-state index contributed by atoms with van der Waals surface area (Å²) in [6.45, 7) is 6.10. The highest BCUT2D eigenvalue weighted by atomic mass is 16.4. The SMILES string of the molecule is Cc1cccc2[nH]c(C(=O)N[C@@H](CC(C)C)C(=O)N3C[C@]4(C[C@H]3/C=N/O)C(=O)N(C)c3ccccc34)cc12. The largest absolute Gasteiger partial charge is 0.411 e. The van der Waals surface area contributed by atoms with Crippen molar-refractivity contribution in [1.82, 2.24) is 15.2 Å². The number of nitrogens with zero attached hydrogens (tertiary/aromatic N) is 3. The minimum Gasteiger partial charge on any atom is -0.411 e. The zero-order valence-electron chi connectivity index (χ0n) is 22.1. The summed E-state index contributed by atoms with van der Waals surface area (Å²) in [7, 11) is 1.74. The summed E-state index contributed by atoms with van der Waals surface area (Å²) in [6, 6.07) is 13.8. The lowest BCUT2D eigenvalue weighted by Crippen LogP contribution is -2.52. The van der Waals surface area contributed by atoms with Gasteiger partial charge < -0.3 is 25.3 Å². The third kappa shape index (κ3) is 4.12. The van der Waals surface area contributed by atoms with Crippen LogP contribution in [0.25, 0.3) is 10.9 Å². The van der Waals surface area contributed by atoms with E-state index in [4.69, 9.17) is 0 Å². The fraction of sp³-hybridized carbons (Fsp3) is 0.379. The molecule has 1 fully saturated rings. The lowest BCUT2D eigenvalue weighted by molar-refractivity contribution is -0.133. The number of hydrogen-bond acceptors (Lipinski definition) is 5. The molecule has 3 aromatic rings. The van der Waals surface area contributed by atoms with Crippen molar-refractivity contribution in [2.75, 3.05) is 18.5 Å². The molecule has 5 rings (SSSR count). The van der Waals surface area contributed by atoms with Gasteiger partial charge in [-0.1, -0.05) is 49.3 Å². The molecule has 3 heterocycles. The van der Waals surface area contributed by atoms with Crippen molar-refractivity contribution in [3.05, 3.63) is 65.4 Å². The third-order valence-electron chi connectivity index (χ3n) is 7.85. The van der Waals surface area contributed by atoms with Crippen LogP contribution in [0.15, 0.2) is 53.7 Å². The Morgan fingerprint density at radius 3 is 2.71 bits per heavy atom. The monoisotopic (exact) mass is 515 g/mol. The maximum Gasteiger partial charge on any atom is 0.268 e. The van der Waals surface area contributed by atoms with Gasteiger partial charge in [-0.25, -0.2) is 0 Å². The highest BCUT2D eigenvalue weighted by Gasteiger charge is 2.57. The quantitative estimate of drug-likeness (QED) is 0.264. The summed E-state index contributed by atoms with van der Waals surface area (Å²) in [4.78, 5) is 47.2. The zero-order chi connectivity index (χ0) is 27.2. The number of fused-ring (bicyclic) bond motifs is 3. The molecule has 2 aliphatic heterocycles. The second kappa shape index (κ2) is 9.63. The van der Waals surface area contributed by atoms with Crippen LogP contribution in [0.2, 0.25) is 0 Å². The summed E-state index contributed by atoms with van der Waals surface area (Å²) >= 11 is 0. The van der Waals surface area contributed by atoms with E-state index < -0.39 is 17.5 Å². The lowest BCUT2D eigenvalue weighted by atomic mass is 9.79. The van der Waals surface area contributed by atoms with Crippen molar-refractivity contribution in [3.8, 4) is 0 Å². The number of aromatic amines is 1. The number of nitrogens with one attached hydrogen (secondary N) is 2. The van der Waals surface area contributed by atoms with Gasteiger partial charge in [0.2, 0.25) is 11.8 Å². The predicted molar refractivity (Wildman–Crippen MR) is 146 cm³/mol. The molecule has 38 heavy (non-hydrogen) atoms. The van der Waals surface area contributed by atoms with Crippen LogP contribution >= 0.6 is 0 Å². The Labute approximate surface area is 221 Å². The number of H-pyrrole nitrogens is 1. The summed E-state index contributed by atoms with van der Waals surface area (Å²) in [5.41, 5.74) is 3.01. The van der Waals surface area contributed by atoms with Crippen LogP contribution < -0.4 is 10.2 Å². The Morgan fingerprint density at radius 1 is 1.24 bits per heavy atom. The van der Waals surface area contributed by atoms with E-state index >= 15 is 0 Å². The third-order valence-corrected chi connectivity index (χ3v) is 7.85. The van der Waals surface area contributed by atoms with Crippen molar-refractivity contribution >= 4 is 40.5 Å². The van der Waals surface area contributed by atoms with E-state index in [1.165, 1.54) is 6.21 Å². The maximum atomic E-state index is 14.0. The minimum absolute atomic E-state index is 0.0942. The number of anilines is 1. The number of amides is 3. The number of likely N-dealkylation sites (N-methyl/N-ethyl adjacent to an activating group) is 1. The molecule has 1 aromatic heterocycles. The molecular formula is C29H33N5O4. The van der Waals surface area contributed by atoms with Gasteiger partial charge in [-0.15, -0.1) is 0 Å². The van der Waals surface area contributed by atoms with Gasteiger partial charge in [-0.3, -0.25) is 14.4 Å². The van der Waals surface area contributed by atoms with Crippen molar-refractivity contribution < 1.29 is 19.6 Å². The van der Waals surface area contributed by atoms with Gasteiger partial charge in [0.1, 0.15) is 11.7 Å². The van der Waals surface area contributed by atoms with Crippen molar-refractivity contribution in [3.63, 3.8) is 0 Å². The Balaban J connectivity index is 1.45. The fourth-order valence-electron chi connectivity index (χ4n) is 6.02. The van der Waals surface area contributed by atoms with Crippen LogP contribution in [0.1, 0.15) is 48.3 Å². The van der Waals surface area contributed by atoms with E-state index in [-0.39, 0.29) is 30.2 Å². The molecule has 198 valence electrons. The summed E-state index contributed by atoms with van der Waals surface area (Å²) in [5, 5.41) is 16.5. The molecule has 0 aliphatic carbocycles. The molecule has 1 spiro atoms. The zero-order valence-corrected chi connectivity index (χ0v) is 22.1. The summed E-state index contributed by atoms with van der Waals surface area (Å²) < 4.78 is 0. The first-order valence-electron chi connectivity index (χ1n) is 12.9. The van der Waals surface area contributed by atoms with Crippen LogP contribution in [0.4, 0.5) is 5.69 Å². The van der Waals surface area contributed by atoms with E-state index in [9.17, 15) is 19.6 Å². The van der Waals surface area contributed by atoms with Crippen molar-refractivity contribution in [1.29, 1.82) is 0 Å². The number of benzene rings is 2. The van der Waals surface area contributed by atoms with Gasteiger partial charge in [0.25, 0.3) is 5.91 Å². The lowest BCUT2D eigenvalue weighted by Gasteiger charge is -2.29. The fourth-order valence-corrected chi connectivity index (χ4v) is 6.02. The van der Waals surface area contributed by atoms with Gasteiger partial charge in [-0.2, -0.15) is 0 Å². The number of carbonyl (C=O) groups is 3. The molecule has 1 saturated heterocycles. The number of hydrogen-bond donors (Lipinski definition) is 3. The van der Waals surface area contributed by atoms with E-state index in [1.807, 2.05) is 63.2 Å². The molecule has 9 nitrogen and oxygen atoms in total. The molecule has 3 atom stereocenters. The van der Waals surface area contributed by atoms with E-state index in [1.54, 1.807) is 22.9 Å². The molecule has 2 aliphatic rings. The van der Waals surface area contributed by atoms with Crippen LogP contribution in [-0.4, -0.2) is 64.7 Å². The molecule has 0 saturated carbocycles. The first kappa shape index (κ1) is 25.5. The number of oxime groups is 1. The molecule has 3 N–H and O–H groups in total. The van der Waals surface area contributed by atoms with E-state index in [0.29, 0.717) is 18.5 Å². The molecule has 0 bridgehead atoms. The van der Waals surface area contributed by atoms with Gasteiger partial charge in [0.15, 0.2) is 0 Å². The second-order valence-electron chi connectivity index (χ2n) is 10.8. The molecular weight excluding hydrogens is 482 g/mol. The van der Waals surface area contributed by atoms with Gasteiger partial charge in [0, 0.05) is 30.2 Å². The second-order valence-corrected chi connectivity index (χ2v) is 10.8. The number of carbonyl (C=O) groups excluding carboxylic acids is 3. The average molecular weight is 516 g/mol. The Hall–Kier alpha value is -4.14. The number of para-hydroxylation sites is 1. The molecule has 3 amide bonds. The first-order valence-corrected chi connectivity index (χ1v) is 12.9. The standard InChI is InChI=1S/C29H33N5O4/c1-17(2)12-24(32-26(35)23-13-20-18(3)8-7-10-22(20)31-23)27(36)34-16-29(14-19(34)15-30-38)21-9-5-6-11-25(21)33(4)28(29)37/h5-11,13,15,17,19,24,31,38H,12,14,16H2,1-4H3,(H,32,35)/b30-15+/t19-,24-,29-/m0/s1. The molecule has 0 unspecified atom stereocenters. The number of aryl methyl sites for hydroxylation is 1. The van der Waals surface area contributed by atoms with Gasteiger partial charge in [0.05, 0.1) is 17.7 Å². The molecule has 0 radical (unpaired) electrons. The topological polar surface area (TPSA) is 118 Å². The average Bonchev–Trinajstić information content (AvgIpc) is 3.55. The van der Waals surface area contributed by atoms with Crippen LogP contribution in [0, 0.1) is 12.8 Å². The molecule has 2 aromatic carbocycles. The maximum absolute atomic E-state index is 14.0. The number of aromatic nitrogens is 1. The molecule has 9 heteroatoms. The van der Waals surface area contributed by atoms with E-state index in [0.717, 1.165) is 27.7 Å². The number of rotatable bonds is 6. The summed E-state index contributed by atoms with van der Waals surface area (Å²) in [5.74, 6) is -0.650. The minimum atomic E-state index is -0.937. The predicted octanol–water partition coefficient (Wildman–Crippen LogP) is 3.60. The van der Waals surface area contributed by atoms with E-state index in [2.05, 4.69) is 15.5 Å². The van der Waals surface area contributed by atoms with Crippen LogP contribution in [-0.2, 0) is 15.0 Å². The number of likely N-dealkylation sites (tertiary alicyclic amines) is 1. The highest BCUT2D eigenvalue weighted by Crippen LogP contribution is 2.48. The smallest absolute Gasteiger partial charge is 0.268 e. The summed E-state index contributed by atoms with van der Waals surface area (Å²) in [6.07, 6.45) is 2.02. The van der Waals surface area contributed by atoms with Gasteiger partial charge >= 0.3 is 0 Å². The Bertz CT molecular complexity index is 1440.